The van der Waals surface area contributed by atoms with Crippen LogP contribution in [0.2, 0.25) is 0 Å². The van der Waals surface area contributed by atoms with Crippen molar-refractivity contribution in [3.63, 3.8) is 0 Å². The second-order valence-electron chi connectivity index (χ2n) is 7.59. The summed E-state index contributed by atoms with van der Waals surface area (Å²) in [5.41, 5.74) is 0.227. The molecule has 8 heteroatoms. The number of carbonyl (C=O) groups is 1. The number of carbonyl (C=O) groups excluding carboxylic acids is 1. The molecule has 0 bridgehead atoms. The first kappa shape index (κ1) is 19.8. The van der Waals surface area contributed by atoms with E-state index >= 15 is 0 Å². The minimum atomic E-state index is -0.379. The summed E-state index contributed by atoms with van der Waals surface area (Å²) in [6.45, 7) is 3.91. The zero-order valence-electron chi connectivity index (χ0n) is 16.4. The lowest BCUT2D eigenvalue weighted by Crippen LogP contribution is -2.57. The van der Waals surface area contributed by atoms with Gasteiger partial charge in [-0.3, -0.25) is 9.69 Å². The molecule has 29 heavy (non-hydrogen) atoms. The number of halogens is 1. The van der Waals surface area contributed by atoms with Crippen molar-refractivity contribution in [2.45, 2.75) is 37.8 Å². The second-order valence-corrected chi connectivity index (χ2v) is 7.59. The Hall–Kier alpha value is -2.45. The fraction of sp³-hybridized carbons (Fsp3) is 0.524. The van der Waals surface area contributed by atoms with Crippen LogP contribution in [0.3, 0.4) is 0 Å². The molecule has 0 radical (unpaired) electrons. The number of oxazole rings is 1. The number of hydrogen-bond donors (Lipinski definition) is 1. The van der Waals surface area contributed by atoms with Crippen LogP contribution in [-0.2, 0) is 11.3 Å². The molecule has 0 unspecified atom stereocenters. The minimum Gasteiger partial charge on any atom is -0.484 e. The van der Waals surface area contributed by atoms with E-state index in [1.165, 1.54) is 31.2 Å². The van der Waals surface area contributed by atoms with Crippen molar-refractivity contribution in [3.05, 3.63) is 47.9 Å². The van der Waals surface area contributed by atoms with Crippen molar-refractivity contribution in [1.82, 2.24) is 15.2 Å². The quantitative estimate of drug-likeness (QED) is 0.766. The van der Waals surface area contributed by atoms with Crippen molar-refractivity contribution in [3.8, 4) is 5.75 Å². The molecule has 4 rings (SSSR count). The smallest absolute Gasteiger partial charge is 0.273 e. The molecule has 1 saturated carbocycles. The number of nitrogens with one attached hydrogen (secondary N) is 1. The van der Waals surface area contributed by atoms with Crippen LogP contribution in [0.25, 0.3) is 0 Å². The van der Waals surface area contributed by atoms with Gasteiger partial charge in [-0.1, -0.05) is 18.9 Å². The molecule has 2 aliphatic rings. The van der Waals surface area contributed by atoms with E-state index in [0.29, 0.717) is 12.3 Å². The van der Waals surface area contributed by atoms with Crippen LogP contribution in [0.5, 0.6) is 5.75 Å². The summed E-state index contributed by atoms with van der Waals surface area (Å²) >= 11 is 0. The highest BCUT2D eigenvalue weighted by Gasteiger charge is 2.40. The van der Waals surface area contributed by atoms with E-state index in [2.05, 4.69) is 15.2 Å². The first-order chi connectivity index (χ1) is 14.1. The van der Waals surface area contributed by atoms with Gasteiger partial charge < -0.3 is 19.2 Å². The van der Waals surface area contributed by atoms with Gasteiger partial charge in [0.05, 0.1) is 13.2 Å². The van der Waals surface area contributed by atoms with E-state index in [4.69, 9.17) is 13.9 Å². The summed E-state index contributed by atoms with van der Waals surface area (Å²) in [4.78, 5) is 19.3. The van der Waals surface area contributed by atoms with Crippen molar-refractivity contribution < 1.29 is 23.1 Å². The molecule has 156 valence electrons. The Bertz CT molecular complexity index is 829. The lowest BCUT2D eigenvalue weighted by Gasteiger charge is -2.43. The summed E-state index contributed by atoms with van der Waals surface area (Å²) < 4.78 is 29.5. The average Bonchev–Trinajstić information content (AvgIpc) is 3.42. The molecule has 1 amide bonds. The molecule has 7 nitrogen and oxygen atoms in total. The number of rotatable bonds is 7. The molecule has 2 aromatic rings. The van der Waals surface area contributed by atoms with Crippen LogP contribution in [0.1, 0.15) is 42.1 Å². The van der Waals surface area contributed by atoms with Crippen LogP contribution in [0, 0.1) is 5.82 Å². The molecule has 2 fully saturated rings. The molecular formula is C21H26FN3O4. The first-order valence-electron chi connectivity index (χ1n) is 10.1. The molecule has 0 atom stereocenters. The molecule has 1 saturated heterocycles. The largest absolute Gasteiger partial charge is 0.484 e. The number of nitrogens with zero attached hydrogens (tertiary/aromatic N) is 2. The van der Waals surface area contributed by atoms with Gasteiger partial charge in [0.25, 0.3) is 5.91 Å². The maximum absolute atomic E-state index is 13.2. The Kier molecular flexibility index (Phi) is 6.10. The van der Waals surface area contributed by atoms with Gasteiger partial charge in [0.15, 0.2) is 12.3 Å². The van der Waals surface area contributed by atoms with Crippen LogP contribution < -0.4 is 10.1 Å². The van der Waals surface area contributed by atoms with Gasteiger partial charge in [0.1, 0.15) is 17.8 Å². The lowest BCUT2D eigenvalue weighted by molar-refractivity contribution is -0.0199. The third kappa shape index (κ3) is 4.76. The van der Waals surface area contributed by atoms with E-state index in [1.807, 2.05) is 0 Å². The maximum Gasteiger partial charge on any atom is 0.273 e. The Morgan fingerprint density at radius 3 is 2.83 bits per heavy atom. The molecule has 1 aliphatic heterocycles. The van der Waals surface area contributed by atoms with Gasteiger partial charge in [0.2, 0.25) is 5.89 Å². The zero-order chi connectivity index (χ0) is 20.1. The second kappa shape index (κ2) is 8.92. The molecule has 1 aliphatic carbocycles. The summed E-state index contributed by atoms with van der Waals surface area (Å²) in [5.74, 6) is 0.00688. The first-order valence-corrected chi connectivity index (χ1v) is 10.1. The predicted molar refractivity (Wildman–Crippen MR) is 103 cm³/mol. The summed E-state index contributed by atoms with van der Waals surface area (Å²) in [6.07, 6.45) is 5.85. The SMILES string of the molecule is O=C(NCC1(N2CCOCC2)CCCC1)c1coc(COc2cccc(F)c2)n1. The third-order valence-corrected chi connectivity index (χ3v) is 5.74. The number of hydrogen-bond acceptors (Lipinski definition) is 6. The Morgan fingerprint density at radius 1 is 1.28 bits per heavy atom. The van der Waals surface area contributed by atoms with Gasteiger partial charge in [-0.25, -0.2) is 9.37 Å². The predicted octanol–water partition coefficient (Wildman–Crippen LogP) is 2.77. The summed E-state index contributed by atoms with van der Waals surface area (Å²) in [7, 11) is 0. The van der Waals surface area contributed by atoms with E-state index in [1.54, 1.807) is 12.1 Å². The van der Waals surface area contributed by atoms with Crippen LogP contribution >= 0.6 is 0 Å². The number of morpholine rings is 1. The Labute approximate surface area is 169 Å². The van der Waals surface area contributed by atoms with E-state index < -0.39 is 0 Å². The van der Waals surface area contributed by atoms with Crippen LogP contribution in [0.4, 0.5) is 4.39 Å². The minimum absolute atomic E-state index is 0.00645. The van der Waals surface area contributed by atoms with Crippen molar-refractivity contribution in [2.24, 2.45) is 0 Å². The molecule has 1 N–H and O–H groups in total. The standard InChI is InChI=1S/C21H26FN3O4/c22-16-4-3-5-17(12-16)28-14-19-24-18(13-29-19)20(26)23-15-21(6-1-2-7-21)25-8-10-27-11-9-25/h3-5,12-13H,1-2,6-11,14-15H2,(H,23,26). The van der Waals surface area contributed by atoms with Crippen molar-refractivity contribution >= 4 is 5.91 Å². The number of benzene rings is 1. The lowest BCUT2D eigenvalue weighted by atomic mass is 9.94. The maximum atomic E-state index is 13.2. The highest BCUT2D eigenvalue weighted by Crippen LogP contribution is 2.35. The van der Waals surface area contributed by atoms with Crippen LogP contribution in [-0.4, -0.2) is 54.2 Å². The number of ether oxygens (including phenoxy) is 2. The van der Waals surface area contributed by atoms with Gasteiger partial charge in [-0.05, 0) is 25.0 Å². The Balaban J connectivity index is 1.32. The third-order valence-electron chi connectivity index (χ3n) is 5.74. The normalized spacial score (nSPS) is 19.2. The number of aromatic nitrogens is 1. The fourth-order valence-corrected chi connectivity index (χ4v) is 4.19. The number of amides is 1. The highest BCUT2D eigenvalue weighted by atomic mass is 19.1. The topological polar surface area (TPSA) is 76.8 Å². The van der Waals surface area contributed by atoms with Gasteiger partial charge in [-0.2, -0.15) is 0 Å². The summed E-state index contributed by atoms with van der Waals surface area (Å²) in [5, 5.41) is 3.04. The van der Waals surface area contributed by atoms with E-state index in [0.717, 1.165) is 39.1 Å². The van der Waals surface area contributed by atoms with E-state index in [-0.39, 0.29) is 35.5 Å². The molecule has 1 aromatic heterocycles. The van der Waals surface area contributed by atoms with Crippen molar-refractivity contribution in [1.29, 1.82) is 0 Å². The highest BCUT2D eigenvalue weighted by molar-refractivity contribution is 5.91. The van der Waals surface area contributed by atoms with Gasteiger partial charge >= 0.3 is 0 Å². The molecule has 1 aromatic carbocycles. The molecular weight excluding hydrogens is 377 g/mol. The van der Waals surface area contributed by atoms with Crippen molar-refractivity contribution in [2.75, 3.05) is 32.8 Å². The van der Waals surface area contributed by atoms with Crippen LogP contribution in [0.15, 0.2) is 34.9 Å². The van der Waals surface area contributed by atoms with Gasteiger partial charge in [-0.15, -0.1) is 0 Å². The molecule has 2 heterocycles. The fourth-order valence-electron chi connectivity index (χ4n) is 4.19. The summed E-state index contributed by atoms with van der Waals surface area (Å²) in [6, 6.07) is 5.83. The monoisotopic (exact) mass is 403 g/mol. The Morgan fingerprint density at radius 2 is 2.07 bits per heavy atom. The van der Waals surface area contributed by atoms with Gasteiger partial charge in [0, 0.05) is 31.2 Å². The zero-order valence-corrected chi connectivity index (χ0v) is 16.4. The average molecular weight is 403 g/mol. The van der Waals surface area contributed by atoms with E-state index in [9.17, 15) is 9.18 Å². The molecule has 0 spiro atoms.